The molecule has 1 saturated carbocycles. The minimum Gasteiger partial charge on any atom is -0.481 e. The van der Waals surface area contributed by atoms with E-state index in [4.69, 9.17) is 4.74 Å². The Morgan fingerprint density at radius 3 is 2.54 bits per heavy atom. The van der Waals surface area contributed by atoms with Gasteiger partial charge in [0.05, 0.1) is 13.3 Å². The van der Waals surface area contributed by atoms with E-state index in [2.05, 4.69) is 24.5 Å². The van der Waals surface area contributed by atoms with Gasteiger partial charge in [-0.2, -0.15) is 4.31 Å². The van der Waals surface area contributed by atoms with Gasteiger partial charge in [0.15, 0.2) is 0 Å². The highest BCUT2D eigenvalue weighted by molar-refractivity contribution is 7.89. The monoisotopic (exact) mass is 379 g/mol. The fourth-order valence-electron chi connectivity index (χ4n) is 3.44. The van der Waals surface area contributed by atoms with Crippen molar-refractivity contribution in [2.24, 2.45) is 0 Å². The van der Waals surface area contributed by atoms with Crippen LogP contribution >= 0.6 is 0 Å². The van der Waals surface area contributed by atoms with Crippen LogP contribution in [0.25, 0.3) is 0 Å². The van der Waals surface area contributed by atoms with Crippen LogP contribution in [0.1, 0.15) is 25.7 Å². The summed E-state index contributed by atoms with van der Waals surface area (Å²) in [7, 11) is -1.95. The Labute approximate surface area is 152 Å². The molecule has 0 spiro atoms. The summed E-state index contributed by atoms with van der Waals surface area (Å²) in [5.74, 6) is 1.38. The summed E-state index contributed by atoms with van der Waals surface area (Å²) in [6.07, 6.45) is 7.67. The van der Waals surface area contributed by atoms with Crippen molar-refractivity contribution in [3.05, 3.63) is 24.9 Å². The normalized spacial score (nSPS) is 19.4. The van der Waals surface area contributed by atoms with Crippen LogP contribution in [0.5, 0.6) is 5.88 Å². The summed E-state index contributed by atoms with van der Waals surface area (Å²) >= 11 is 0. The number of hydrogen-bond donors (Lipinski definition) is 0. The molecule has 1 saturated heterocycles. The molecule has 140 valence electrons. The van der Waals surface area contributed by atoms with Crippen LogP contribution in [0, 0.1) is 0 Å². The first-order chi connectivity index (χ1) is 12.6. The second kappa shape index (κ2) is 6.84. The fraction of sp³-hybridized carbons (Fsp3) is 0.562. The van der Waals surface area contributed by atoms with Crippen molar-refractivity contribution < 1.29 is 17.7 Å². The minimum absolute atomic E-state index is 0.107. The van der Waals surface area contributed by atoms with E-state index in [1.54, 1.807) is 7.11 Å². The number of rotatable bonds is 6. The van der Waals surface area contributed by atoms with Gasteiger partial charge < -0.3 is 14.2 Å². The first-order valence-electron chi connectivity index (χ1n) is 8.63. The first-order valence-corrected chi connectivity index (χ1v) is 10.1. The maximum Gasteiger partial charge on any atom is 0.247 e. The van der Waals surface area contributed by atoms with Crippen LogP contribution in [0.3, 0.4) is 0 Å². The maximum absolute atomic E-state index is 12.6. The second-order valence-electron chi connectivity index (χ2n) is 6.55. The number of piperidine rings is 1. The van der Waals surface area contributed by atoms with E-state index in [0.717, 1.165) is 31.5 Å². The lowest BCUT2D eigenvalue weighted by Crippen LogP contribution is -2.47. The van der Waals surface area contributed by atoms with Gasteiger partial charge in [-0.25, -0.2) is 18.4 Å². The van der Waals surface area contributed by atoms with Gasteiger partial charge in [-0.05, 0) is 25.7 Å². The molecule has 4 rings (SSSR count). The molecule has 2 fully saturated rings. The highest BCUT2D eigenvalue weighted by Gasteiger charge is 2.38. The Balaban J connectivity index is 1.49. The Morgan fingerprint density at radius 2 is 1.92 bits per heavy atom. The zero-order valence-corrected chi connectivity index (χ0v) is 15.3. The number of anilines is 1. The van der Waals surface area contributed by atoms with Crippen molar-refractivity contribution in [3.63, 3.8) is 0 Å². The maximum atomic E-state index is 12.6. The van der Waals surface area contributed by atoms with Gasteiger partial charge in [-0.15, -0.1) is 0 Å². The number of methoxy groups -OCH3 is 1. The molecule has 0 atom stereocenters. The van der Waals surface area contributed by atoms with E-state index in [9.17, 15) is 8.42 Å². The van der Waals surface area contributed by atoms with Crippen molar-refractivity contribution in [1.29, 1.82) is 0 Å². The summed E-state index contributed by atoms with van der Waals surface area (Å²) in [4.78, 5) is 10.9. The van der Waals surface area contributed by atoms with Gasteiger partial charge in [-0.1, -0.05) is 5.16 Å². The molecule has 0 radical (unpaired) electrons. The number of aromatic nitrogens is 3. The molecule has 3 heterocycles. The van der Waals surface area contributed by atoms with Crippen LogP contribution in [0.2, 0.25) is 0 Å². The van der Waals surface area contributed by atoms with E-state index in [1.165, 1.54) is 23.1 Å². The Kier molecular flexibility index (Phi) is 4.53. The third kappa shape index (κ3) is 3.26. The Hall–Kier alpha value is -2.20. The predicted octanol–water partition coefficient (Wildman–Crippen LogP) is 1.30. The largest absolute Gasteiger partial charge is 0.481 e. The molecule has 0 amide bonds. The molecule has 2 aromatic heterocycles. The summed E-state index contributed by atoms with van der Waals surface area (Å²) in [6.45, 7) is 0.924. The van der Waals surface area contributed by atoms with E-state index in [-0.39, 0.29) is 10.9 Å². The third-order valence-electron chi connectivity index (χ3n) is 4.91. The summed E-state index contributed by atoms with van der Waals surface area (Å²) in [5.41, 5.74) is 0. The predicted molar refractivity (Wildman–Crippen MR) is 92.4 cm³/mol. The highest BCUT2D eigenvalue weighted by Crippen LogP contribution is 2.36. The summed E-state index contributed by atoms with van der Waals surface area (Å²) < 4.78 is 36.6. The summed E-state index contributed by atoms with van der Waals surface area (Å²) in [5, 5.41) is 3.50. The molecule has 1 aliphatic heterocycles. The van der Waals surface area contributed by atoms with Crippen molar-refractivity contribution in [2.75, 3.05) is 25.1 Å². The SMILES string of the molecule is COc1cc(N(C2CC2)C2CCN(S(=O)(=O)c3cnoc3)CC2)ncn1. The topological polar surface area (TPSA) is 102 Å². The molecule has 1 aliphatic carbocycles. The molecule has 2 aromatic rings. The molecule has 2 aliphatic rings. The lowest BCUT2D eigenvalue weighted by Gasteiger charge is -2.38. The van der Waals surface area contributed by atoms with Crippen molar-refractivity contribution in [2.45, 2.75) is 42.7 Å². The van der Waals surface area contributed by atoms with Crippen LogP contribution in [-0.4, -0.2) is 60.1 Å². The molecule has 0 N–H and O–H groups in total. The molecule has 0 unspecified atom stereocenters. The average Bonchev–Trinajstić information content (AvgIpc) is 3.33. The fourth-order valence-corrected chi connectivity index (χ4v) is 4.77. The van der Waals surface area contributed by atoms with Gasteiger partial charge in [0.2, 0.25) is 15.9 Å². The van der Waals surface area contributed by atoms with Gasteiger partial charge in [-0.3, -0.25) is 0 Å². The first kappa shape index (κ1) is 17.2. The number of nitrogens with zero attached hydrogens (tertiary/aromatic N) is 5. The van der Waals surface area contributed by atoms with Gasteiger partial charge in [0.1, 0.15) is 23.3 Å². The van der Waals surface area contributed by atoms with Crippen LogP contribution in [-0.2, 0) is 10.0 Å². The van der Waals surface area contributed by atoms with Crippen molar-refractivity contribution in [3.8, 4) is 5.88 Å². The van der Waals surface area contributed by atoms with E-state index < -0.39 is 10.0 Å². The average molecular weight is 379 g/mol. The molecular formula is C16H21N5O4S. The van der Waals surface area contributed by atoms with Gasteiger partial charge in [0, 0.05) is 31.2 Å². The molecule has 10 heteroatoms. The lowest BCUT2D eigenvalue weighted by atomic mass is 10.0. The zero-order valence-electron chi connectivity index (χ0n) is 14.5. The number of sulfonamides is 1. The molecular weight excluding hydrogens is 358 g/mol. The standard InChI is InChI=1S/C16H21N5O4S/c1-24-16-8-15(17-11-18-16)21(12-2-3-12)13-4-6-20(7-5-13)26(22,23)14-9-19-25-10-14/h8-13H,2-7H2,1H3. The van der Waals surface area contributed by atoms with Crippen LogP contribution < -0.4 is 9.64 Å². The third-order valence-corrected chi connectivity index (χ3v) is 6.75. The van der Waals surface area contributed by atoms with Crippen LogP contribution in [0.15, 0.2) is 34.3 Å². The van der Waals surface area contributed by atoms with Gasteiger partial charge >= 0.3 is 0 Å². The van der Waals surface area contributed by atoms with Crippen LogP contribution in [0.4, 0.5) is 5.82 Å². The van der Waals surface area contributed by atoms with Gasteiger partial charge in [0.25, 0.3) is 0 Å². The van der Waals surface area contributed by atoms with E-state index >= 15 is 0 Å². The highest BCUT2D eigenvalue weighted by atomic mass is 32.2. The Morgan fingerprint density at radius 1 is 1.19 bits per heavy atom. The minimum atomic E-state index is -3.53. The van der Waals surface area contributed by atoms with Crippen molar-refractivity contribution in [1.82, 2.24) is 19.4 Å². The quantitative estimate of drug-likeness (QED) is 0.740. The molecule has 0 aromatic carbocycles. The Bertz CT molecular complexity index is 845. The molecule has 0 bridgehead atoms. The lowest BCUT2D eigenvalue weighted by molar-refractivity contribution is 0.307. The summed E-state index contributed by atoms with van der Waals surface area (Å²) in [6, 6.07) is 2.55. The zero-order chi connectivity index (χ0) is 18.1. The van der Waals surface area contributed by atoms with E-state index in [0.29, 0.717) is 25.0 Å². The molecule has 26 heavy (non-hydrogen) atoms. The molecule has 9 nitrogen and oxygen atoms in total. The van der Waals surface area contributed by atoms with Crippen molar-refractivity contribution >= 4 is 15.8 Å². The smallest absolute Gasteiger partial charge is 0.247 e. The number of hydrogen-bond acceptors (Lipinski definition) is 8. The number of ether oxygens (including phenoxy) is 1. The van der Waals surface area contributed by atoms with E-state index in [1.807, 2.05) is 6.07 Å². The second-order valence-corrected chi connectivity index (χ2v) is 8.49.